The molecule has 0 atom stereocenters. The maximum absolute atomic E-state index is 12.8. The van der Waals surface area contributed by atoms with Gasteiger partial charge in [0.2, 0.25) is 5.91 Å². The molecule has 7 nitrogen and oxygen atoms in total. The Hall–Kier alpha value is -3.13. The molecule has 0 bridgehead atoms. The zero-order chi connectivity index (χ0) is 20.7. The third-order valence-corrected chi connectivity index (χ3v) is 6.72. The number of aromatic nitrogens is 2. The van der Waals surface area contributed by atoms with Crippen LogP contribution in [0, 0.1) is 0 Å². The molecule has 0 aliphatic carbocycles. The van der Waals surface area contributed by atoms with Crippen molar-refractivity contribution >= 4 is 43.7 Å². The minimum atomic E-state index is -0.496. The van der Waals surface area contributed by atoms with Gasteiger partial charge in [-0.15, -0.1) is 0 Å². The Morgan fingerprint density at radius 3 is 2.70 bits per heavy atom. The number of nitrogens with zero attached hydrogens (tertiary/aromatic N) is 4. The van der Waals surface area contributed by atoms with Crippen molar-refractivity contribution in [3.8, 4) is 0 Å². The van der Waals surface area contributed by atoms with Gasteiger partial charge in [0.05, 0.1) is 15.7 Å². The van der Waals surface area contributed by atoms with E-state index in [0.717, 1.165) is 30.2 Å². The number of hydrogen-bond acceptors (Lipinski definition) is 6. The number of carbonyl (C=O) groups excluding carboxylic acids is 1. The molecule has 1 aliphatic heterocycles. The molecule has 4 aromatic rings. The van der Waals surface area contributed by atoms with Crippen molar-refractivity contribution in [3.63, 3.8) is 0 Å². The summed E-state index contributed by atoms with van der Waals surface area (Å²) in [6, 6.07) is 13.5. The van der Waals surface area contributed by atoms with Gasteiger partial charge in [0, 0.05) is 26.2 Å². The van der Waals surface area contributed by atoms with E-state index in [-0.39, 0.29) is 12.5 Å². The Morgan fingerprint density at radius 2 is 1.90 bits per heavy atom. The normalized spacial score (nSPS) is 14.7. The molecule has 3 heterocycles. The molecule has 0 saturated carbocycles. The summed E-state index contributed by atoms with van der Waals surface area (Å²) in [6.45, 7) is 4.82. The fourth-order valence-corrected chi connectivity index (χ4v) is 5.03. The van der Waals surface area contributed by atoms with E-state index in [1.54, 1.807) is 23.5 Å². The molecular formula is C22H22N4O3S. The van der Waals surface area contributed by atoms with E-state index in [2.05, 4.69) is 30.0 Å². The van der Waals surface area contributed by atoms with Crippen molar-refractivity contribution in [2.24, 2.45) is 0 Å². The highest BCUT2D eigenvalue weighted by molar-refractivity contribution is 7.22. The van der Waals surface area contributed by atoms with E-state index in [9.17, 15) is 9.59 Å². The molecule has 154 valence electrons. The van der Waals surface area contributed by atoms with Gasteiger partial charge in [0.15, 0.2) is 10.7 Å². The summed E-state index contributed by atoms with van der Waals surface area (Å²) < 4.78 is 7.84. The highest BCUT2D eigenvalue weighted by atomic mass is 32.1. The summed E-state index contributed by atoms with van der Waals surface area (Å²) in [6.07, 6.45) is 0.963. The number of benzene rings is 2. The summed E-state index contributed by atoms with van der Waals surface area (Å²) in [5.41, 5.74) is 3.50. The second-order valence-electron chi connectivity index (χ2n) is 7.40. The molecule has 1 saturated heterocycles. The number of piperazine rings is 1. The predicted octanol–water partition coefficient (Wildman–Crippen LogP) is 3.12. The maximum Gasteiger partial charge on any atom is 0.420 e. The lowest BCUT2D eigenvalue weighted by Crippen LogP contribution is -2.50. The fraction of sp³-hybridized carbons (Fsp3) is 0.318. The molecule has 0 radical (unpaired) electrons. The number of aryl methyl sites for hydroxylation is 1. The first-order valence-corrected chi connectivity index (χ1v) is 10.9. The van der Waals surface area contributed by atoms with E-state index in [0.29, 0.717) is 24.2 Å². The van der Waals surface area contributed by atoms with E-state index in [1.807, 2.05) is 17.0 Å². The second-order valence-corrected chi connectivity index (χ2v) is 8.41. The number of rotatable bonds is 4. The number of anilines is 1. The molecule has 1 fully saturated rings. The van der Waals surface area contributed by atoms with Gasteiger partial charge >= 0.3 is 5.76 Å². The highest BCUT2D eigenvalue weighted by Gasteiger charge is 2.24. The van der Waals surface area contributed by atoms with Gasteiger partial charge in [-0.05, 0) is 30.2 Å². The molecule has 0 unspecified atom stereocenters. The molecule has 0 spiro atoms. The number of fused-ring (bicyclic) bond motifs is 2. The summed E-state index contributed by atoms with van der Waals surface area (Å²) in [7, 11) is 0. The number of amides is 1. The number of para-hydroxylation sites is 3. The molecular weight excluding hydrogens is 400 g/mol. The molecule has 1 aliphatic rings. The van der Waals surface area contributed by atoms with Crippen LogP contribution in [0.15, 0.2) is 51.7 Å². The first-order valence-electron chi connectivity index (χ1n) is 10.1. The van der Waals surface area contributed by atoms with Gasteiger partial charge < -0.3 is 14.2 Å². The molecule has 8 heteroatoms. The average Bonchev–Trinajstić information content (AvgIpc) is 3.35. The van der Waals surface area contributed by atoms with E-state index in [4.69, 9.17) is 9.40 Å². The summed E-state index contributed by atoms with van der Waals surface area (Å²) >= 11 is 1.70. The van der Waals surface area contributed by atoms with Crippen LogP contribution in [0.4, 0.5) is 5.13 Å². The van der Waals surface area contributed by atoms with Crippen LogP contribution in [0.2, 0.25) is 0 Å². The summed E-state index contributed by atoms with van der Waals surface area (Å²) in [5.74, 6) is -0.565. The average molecular weight is 423 g/mol. The Morgan fingerprint density at radius 1 is 1.10 bits per heavy atom. The number of hydrogen-bond donors (Lipinski definition) is 0. The Labute approximate surface area is 177 Å². The fourth-order valence-electron chi connectivity index (χ4n) is 3.96. The van der Waals surface area contributed by atoms with Gasteiger partial charge in [-0.2, -0.15) is 0 Å². The molecule has 1 amide bonds. The smallest absolute Gasteiger partial charge is 0.408 e. The molecule has 30 heavy (non-hydrogen) atoms. The lowest BCUT2D eigenvalue weighted by molar-refractivity contribution is -0.132. The largest absolute Gasteiger partial charge is 0.420 e. The number of carbonyl (C=O) groups is 1. The van der Waals surface area contributed by atoms with Crippen LogP contribution < -0.4 is 10.7 Å². The van der Waals surface area contributed by atoms with Crippen molar-refractivity contribution in [1.29, 1.82) is 0 Å². The highest BCUT2D eigenvalue weighted by Crippen LogP contribution is 2.31. The molecule has 2 aromatic heterocycles. The minimum Gasteiger partial charge on any atom is -0.408 e. The van der Waals surface area contributed by atoms with Crippen LogP contribution in [-0.4, -0.2) is 46.5 Å². The van der Waals surface area contributed by atoms with Crippen LogP contribution in [-0.2, 0) is 17.8 Å². The standard InChI is InChI=1S/C22H22N4O3S/c1-2-15-6-5-9-18-20(15)23-21(30-18)25-12-10-24(11-13-25)19(27)14-26-16-7-3-4-8-17(16)29-22(26)28/h3-9H,2,10-14H2,1H3. The second kappa shape index (κ2) is 7.60. The van der Waals surface area contributed by atoms with E-state index >= 15 is 0 Å². The lowest BCUT2D eigenvalue weighted by Gasteiger charge is -2.34. The van der Waals surface area contributed by atoms with Gasteiger partial charge in [0.1, 0.15) is 6.54 Å². The minimum absolute atomic E-state index is 0.00313. The zero-order valence-electron chi connectivity index (χ0n) is 16.7. The van der Waals surface area contributed by atoms with E-state index < -0.39 is 5.76 Å². The Bertz CT molecular complexity index is 1280. The van der Waals surface area contributed by atoms with Gasteiger partial charge in [-0.1, -0.05) is 42.5 Å². The molecule has 0 N–H and O–H groups in total. The van der Waals surface area contributed by atoms with Gasteiger partial charge in [-0.3, -0.25) is 9.36 Å². The predicted molar refractivity (Wildman–Crippen MR) is 118 cm³/mol. The number of thiazole rings is 1. The van der Waals surface area contributed by atoms with Crippen LogP contribution in [0.5, 0.6) is 0 Å². The third-order valence-electron chi connectivity index (χ3n) is 5.64. The van der Waals surface area contributed by atoms with E-state index in [1.165, 1.54) is 14.8 Å². The monoisotopic (exact) mass is 422 g/mol. The van der Waals surface area contributed by atoms with Crippen molar-refractivity contribution in [1.82, 2.24) is 14.5 Å². The zero-order valence-corrected chi connectivity index (χ0v) is 17.5. The van der Waals surface area contributed by atoms with Gasteiger partial charge in [-0.25, -0.2) is 9.78 Å². The Balaban J connectivity index is 1.28. The topological polar surface area (TPSA) is 71.6 Å². The summed E-state index contributed by atoms with van der Waals surface area (Å²) in [4.78, 5) is 33.9. The molecule has 5 rings (SSSR count). The van der Waals surface area contributed by atoms with Crippen LogP contribution in [0.1, 0.15) is 12.5 Å². The molecule has 2 aromatic carbocycles. The van der Waals surface area contributed by atoms with Crippen molar-refractivity contribution in [2.45, 2.75) is 19.9 Å². The quantitative estimate of drug-likeness (QED) is 0.505. The number of oxazole rings is 1. The first-order chi connectivity index (χ1) is 14.6. The van der Waals surface area contributed by atoms with Crippen LogP contribution in [0.25, 0.3) is 21.3 Å². The Kier molecular flexibility index (Phi) is 4.78. The summed E-state index contributed by atoms with van der Waals surface area (Å²) in [5, 5.41) is 1.01. The van der Waals surface area contributed by atoms with Crippen molar-refractivity contribution in [3.05, 3.63) is 58.6 Å². The third kappa shape index (κ3) is 3.27. The lowest BCUT2D eigenvalue weighted by atomic mass is 10.1. The SMILES string of the molecule is CCc1cccc2sc(N3CCN(C(=O)Cn4c(=O)oc5ccccc54)CC3)nc12. The van der Waals surface area contributed by atoms with Crippen LogP contribution >= 0.6 is 11.3 Å². The van der Waals surface area contributed by atoms with Crippen LogP contribution in [0.3, 0.4) is 0 Å². The maximum atomic E-state index is 12.8. The van der Waals surface area contributed by atoms with Gasteiger partial charge in [0.25, 0.3) is 0 Å². The van der Waals surface area contributed by atoms with Crippen molar-refractivity contribution < 1.29 is 9.21 Å². The first kappa shape index (κ1) is 18.9. The van der Waals surface area contributed by atoms with Crippen molar-refractivity contribution in [2.75, 3.05) is 31.1 Å².